The monoisotopic (exact) mass is 271 g/mol. The molecule has 0 saturated carbocycles. The molecule has 0 aliphatic heterocycles. The molecule has 0 aliphatic rings. The highest BCUT2D eigenvalue weighted by molar-refractivity contribution is 9.10. The Kier molecular flexibility index (Phi) is 4.39. The van der Waals surface area contributed by atoms with Crippen LogP contribution in [0.5, 0.6) is 0 Å². The van der Waals surface area contributed by atoms with Gasteiger partial charge in [-0.25, -0.2) is 0 Å². The molecule has 0 fully saturated rings. The largest absolute Gasteiger partial charge is 0.396 e. The fraction of sp³-hybridized carbons (Fsp3) is 0.545. The van der Waals surface area contributed by atoms with Gasteiger partial charge in [0.2, 0.25) is 0 Å². The van der Waals surface area contributed by atoms with E-state index in [1.807, 2.05) is 0 Å². The second-order valence-electron chi connectivity index (χ2n) is 3.85. The summed E-state index contributed by atoms with van der Waals surface area (Å²) in [5, 5.41) is 0. The Morgan fingerprint density at radius 3 is 2.60 bits per heavy atom. The number of nitrogens with zero attached hydrogens (tertiary/aromatic N) is 2. The number of nitrogen functional groups attached to an aromatic ring is 1. The van der Waals surface area contributed by atoms with Crippen molar-refractivity contribution in [2.45, 2.75) is 33.2 Å². The zero-order chi connectivity index (χ0) is 11.4. The topological polar surface area (TPSA) is 42.1 Å². The van der Waals surface area contributed by atoms with Crippen LogP contribution in [0.15, 0.2) is 16.9 Å². The minimum atomic E-state index is 0.436. The van der Waals surface area contributed by atoms with E-state index in [0.29, 0.717) is 6.04 Å². The third kappa shape index (κ3) is 2.84. The maximum Gasteiger partial charge on any atom is 0.0778 e. The fourth-order valence-corrected chi connectivity index (χ4v) is 2.19. The number of anilines is 2. The van der Waals surface area contributed by atoms with Crippen LogP contribution in [0.3, 0.4) is 0 Å². The number of rotatable bonds is 4. The van der Waals surface area contributed by atoms with Gasteiger partial charge in [0.15, 0.2) is 0 Å². The highest BCUT2D eigenvalue weighted by atomic mass is 79.9. The molecule has 1 aromatic heterocycles. The van der Waals surface area contributed by atoms with Gasteiger partial charge in [0.05, 0.1) is 22.0 Å². The fourth-order valence-electron chi connectivity index (χ4n) is 1.62. The Labute approximate surface area is 99.8 Å². The molecule has 0 aromatic carbocycles. The summed E-state index contributed by atoms with van der Waals surface area (Å²) in [5.41, 5.74) is 7.74. The molecule has 0 bridgehead atoms. The standard InChI is InChI=1S/C11H18BrN3/c1-4-5-15(8(2)3)11-9(12)6-14-7-10(11)13/h6-8H,4-5,13H2,1-3H3. The maximum atomic E-state index is 5.96. The molecule has 0 atom stereocenters. The molecular formula is C11H18BrN3. The molecule has 1 aromatic rings. The molecule has 84 valence electrons. The van der Waals surface area contributed by atoms with Gasteiger partial charge in [-0.3, -0.25) is 4.98 Å². The van der Waals surface area contributed by atoms with Crippen molar-refractivity contribution in [2.24, 2.45) is 0 Å². The Morgan fingerprint density at radius 1 is 1.47 bits per heavy atom. The summed E-state index contributed by atoms with van der Waals surface area (Å²) in [5.74, 6) is 0. The first-order valence-corrected chi connectivity index (χ1v) is 6.02. The second kappa shape index (κ2) is 5.35. The summed E-state index contributed by atoms with van der Waals surface area (Å²) in [6.45, 7) is 7.51. The van der Waals surface area contributed by atoms with E-state index in [-0.39, 0.29) is 0 Å². The number of hydrogen-bond donors (Lipinski definition) is 1. The highest BCUT2D eigenvalue weighted by Gasteiger charge is 2.15. The van der Waals surface area contributed by atoms with Crippen LogP contribution in [0.1, 0.15) is 27.2 Å². The SMILES string of the molecule is CCCN(c1c(N)cncc1Br)C(C)C. The predicted molar refractivity (Wildman–Crippen MR) is 69.1 cm³/mol. The third-order valence-electron chi connectivity index (χ3n) is 2.28. The Hall–Kier alpha value is -0.770. The molecule has 15 heavy (non-hydrogen) atoms. The van der Waals surface area contributed by atoms with Gasteiger partial charge in [0.25, 0.3) is 0 Å². The zero-order valence-corrected chi connectivity index (χ0v) is 11.1. The van der Waals surface area contributed by atoms with E-state index in [4.69, 9.17) is 5.73 Å². The van der Waals surface area contributed by atoms with Gasteiger partial charge in [-0.2, -0.15) is 0 Å². The molecular weight excluding hydrogens is 254 g/mol. The van der Waals surface area contributed by atoms with Crippen molar-refractivity contribution in [2.75, 3.05) is 17.2 Å². The van der Waals surface area contributed by atoms with E-state index >= 15 is 0 Å². The number of halogens is 1. The van der Waals surface area contributed by atoms with Crippen molar-refractivity contribution >= 4 is 27.3 Å². The van der Waals surface area contributed by atoms with E-state index in [2.05, 4.69) is 46.6 Å². The maximum absolute atomic E-state index is 5.96. The summed E-state index contributed by atoms with van der Waals surface area (Å²) in [6.07, 6.45) is 4.59. The Balaban J connectivity index is 3.10. The van der Waals surface area contributed by atoms with Gasteiger partial charge < -0.3 is 10.6 Å². The summed E-state index contributed by atoms with van der Waals surface area (Å²) < 4.78 is 0.963. The molecule has 3 nitrogen and oxygen atoms in total. The van der Waals surface area contributed by atoms with Crippen LogP contribution in [0.25, 0.3) is 0 Å². The molecule has 0 aliphatic carbocycles. The molecule has 2 N–H and O–H groups in total. The molecule has 4 heteroatoms. The number of nitrogens with two attached hydrogens (primary N) is 1. The lowest BCUT2D eigenvalue weighted by atomic mass is 10.2. The van der Waals surface area contributed by atoms with Crippen LogP contribution < -0.4 is 10.6 Å². The summed E-state index contributed by atoms with van der Waals surface area (Å²) in [6, 6.07) is 0.436. The average molecular weight is 272 g/mol. The Morgan fingerprint density at radius 2 is 2.13 bits per heavy atom. The van der Waals surface area contributed by atoms with Gasteiger partial charge >= 0.3 is 0 Å². The minimum absolute atomic E-state index is 0.436. The summed E-state index contributed by atoms with van der Waals surface area (Å²) in [4.78, 5) is 6.34. The second-order valence-corrected chi connectivity index (χ2v) is 4.70. The van der Waals surface area contributed by atoms with Gasteiger partial charge in [-0.15, -0.1) is 0 Å². The highest BCUT2D eigenvalue weighted by Crippen LogP contribution is 2.32. The van der Waals surface area contributed by atoms with E-state index in [0.717, 1.165) is 28.8 Å². The normalized spacial score (nSPS) is 10.7. The van der Waals surface area contributed by atoms with E-state index in [9.17, 15) is 0 Å². The first-order chi connectivity index (χ1) is 7.07. The summed E-state index contributed by atoms with van der Waals surface area (Å²) in [7, 11) is 0. The lowest BCUT2D eigenvalue weighted by Crippen LogP contribution is -2.32. The van der Waals surface area contributed by atoms with Gasteiger partial charge in [-0.1, -0.05) is 6.92 Å². The first kappa shape index (κ1) is 12.3. The van der Waals surface area contributed by atoms with Crippen LogP contribution in [0.4, 0.5) is 11.4 Å². The summed E-state index contributed by atoms with van der Waals surface area (Å²) >= 11 is 3.50. The van der Waals surface area contributed by atoms with E-state index in [1.165, 1.54) is 0 Å². The molecule has 0 saturated heterocycles. The lowest BCUT2D eigenvalue weighted by Gasteiger charge is -2.30. The van der Waals surface area contributed by atoms with Crippen molar-refractivity contribution in [1.29, 1.82) is 0 Å². The molecule has 0 radical (unpaired) electrons. The van der Waals surface area contributed by atoms with Crippen molar-refractivity contribution < 1.29 is 0 Å². The molecule has 1 rings (SSSR count). The molecule has 1 heterocycles. The van der Waals surface area contributed by atoms with Crippen LogP contribution in [0.2, 0.25) is 0 Å². The molecule has 0 unspecified atom stereocenters. The van der Waals surface area contributed by atoms with E-state index < -0.39 is 0 Å². The van der Waals surface area contributed by atoms with Crippen LogP contribution in [-0.2, 0) is 0 Å². The predicted octanol–water partition coefficient (Wildman–Crippen LogP) is 3.05. The quantitative estimate of drug-likeness (QED) is 0.916. The average Bonchev–Trinajstić information content (AvgIpc) is 2.15. The van der Waals surface area contributed by atoms with Crippen LogP contribution >= 0.6 is 15.9 Å². The van der Waals surface area contributed by atoms with Crippen molar-refractivity contribution in [1.82, 2.24) is 4.98 Å². The number of hydrogen-bond acceptors (Lipinski definition) is 3. The smallest absolute Gasteiger partial charge is 0.0778 e. The molecule has 0 spiro atoms. The van der Waals surface area contributed by atoms with E-state index in [1.54, 1.807) is 12.4 Å². The Bertz CT molecular complexity index is 305. The third-order valence-corrected chi connectivity index (χ3v) is 2.86. The van der Waals surface area contributed by atoms with Crippen molar-refractivity contribution in [3.05, 3.63) is 16.9 Å². The van der Waals surface area contributed by atoms with Gasteiger partial charge in [-0.05, 0) is 36.2 Å². The first-order valence-electron chi connectivity index (χ1n) is 5.23. The van der Waals surface area contributed by atoms with Gasteiger partial charge in [0, 0.05) is 18.8 Å². The number of aromatic nitrogens is 1. The van der Waals surface area contributed by atoms with Crippen LogP contribution in [0, 0.1) is 0 Å². The minimum Gasteiger partial charge on any atom is -0.396 e. The van der Waals surface area contributed by atoms with Crippen molar-refractivity contribution in [3.8, 4) is 0 Å². The lowest BCUT2D eigenvalue weighted by molar-refractivity contribution is 0.670. The van der Waals surface area contributed by atoms with Crippen LogP contribution in [-0.4, -0.2) is 17.6 Å². The van der Waals surface area contributed by atoms with Gasteiger partial charge in [0.1, 0.15) is 0 Å². The number of pyridine rings is 1. The molecule has 0 amide bonds. The van der Waals surface area contributed by atoms with Crippen molar-refractivity contribution in [3.63, 3.8) is 0 Å². The zero-order valence-electron chi connectivity index (χ0n) is 9.50.